The molecule has 2 aliphatic rings. The molecule has 0 amide bonds. The molecule has 0 bridgehead atoms. The third-order valence-corrected chi connectivity index (χ3v) is 8.97. The number of carboxylic acids is 1. The third-order valence-electron chi connectivity index (χ3n) is 8.97. The Morgan fingerprint density at radius 1 is 1.14 bits per heavy atom. The molecule has 43 heavy (non-hydrogen) atoms. The van der Waals surface area contributed by atoms with Crippen LogP contribution in [0.2, 0.25) is 0 Å². The Hall–Kier alpha value is -2.89. The first-order chi connectivity index (χ1) is 20.2. The van der Waals surface area contributed by atoms with Crippen molar-refractivity contribution in [2.45, 2.75) is 78.0 Å². The summed E-state index contributed by atoms with van der Waals surface area (Å²) in [5.74, 6) is 0.0998. The number of benzene rings is 2. The monoisotopic (exact) mass is 589 g/mol. The van der Waals surface area contributed by atoms with Gasteiger partial charge in [0.2, 0.25) is 5.88 Å². The molecule has 1 saturated carbocycles. The molecule has 2 heterocycles. The summed E-state index contributed by atoms with van der Waals surface area (Å²) in [6.45, 7) is 9.93. The molecular weight excluding hydrogens is 549 g/mol. The predicted molar refractivity (Wildman–Crippen MR) is 160 cm³/mol. The molecule has 1 unspecified atom stereocenters. The number of rotatable bonds is 11. The van der Waals surface area contributed by atoms with E-state index in [2.05, 4.69) is 73.1 Å². The maximum Gasteiger partial charge on any atom is 1.00 e. The number of aromatic nitrogens is 1. The number of aliphatic carboxylic acids is 1. The van der Waals surface area contributed by atoms with Gasteiger partial charge in [-0.1, -0.05) is 44.2 Å². The zero-order chi connectivity index (χ0) is 30.0. The molecule has 0 spiro atoms. The van der Waals surface area contributed by atoms with Crippen LogP contribution in [0.3, 0.4) is 0 Å². The SMILES string of the molecule is CCN(Cc1cc(C2CCc3ccc([C@H](C4CC4)[C@H](C)C(=O)[O-])cc3O2)ccc1-c1cc(OC)ncc1C#N)C(C)C.[Na+]. The van der Waals surface area contributed by atoms with Gasteiger partial charge in [0.1, 0.15) is 17.9 Å². The maximum absolute atomic E-state index is 11.8. The minimum Gasteiger partial charge on any atom is -0.550 e. The average molecular weight is 590 g/mol. The largest absolute Gasteiger partial charge is 1.00 e. The molecule has 1 fully saturated rings. The van der Waals surface area contributed by atoms with Crippen molar-refractivity contribution in [3.05, 3.63) is 76.5 Å². The van der Waals surface area contributed by atoms with Gasteiger partial charge in [-0.15, -0.1) is 0 Å². The Bertz CT molecular complexity index is 1500. The van der Waals surface area contributed by atoms with Gasteiger partial charge >= 0.3 is 29.6 Å². The van der Waals surface area contributed by atoms with E-state index in [0.29, 0.717) is 23.4 Å². The molecule has 0 radical (unpaired) electrons. The number of hydrogen-bond acceptors (Lipinski definition) is 7. The molecule has 3 atom stereocenters. The van der Waals surface area contributed by atoms with Crippen molar-refractivity contribution in [3.63, 3.8) is 0 Å². The second-order valence-electron chi connectivity index (χ2n) is 11.9. The number of pyridine rings is 1. The van der Waals surface area contributed by atoms with E-state index in [4.69, 9.17) is 9.47 Å². The van der Waals surface area contributed by atoms with Gasteiger partial charge in [-0.2, -0.15) is 5.26 Å². The number of carbonyl (C=O) groups is 1. The van der Waals surface area contributed by atoms with E-state index in [9.17, 15) is 15.2 Å². The molecule has 1 aliphatic carbocycles. The van der Waals surface area contributed by atoms with Crippen LogP contribution in [-0.2, 0) is 17.8 Å². The normalized spacial score (nSPS) is 17.3. The number of nitrogens with zero attached hydrogens (tertiary/aromatic N) is 3. The van der Waals surface area contributed by atoms with Crippen LogP contribution in [0.25, 0.3) is 11.1 Å². The summed E-state index contributed by atoms with van der Waals surface area (Å²) >= 11 is 0. The van der Waals surface area contributed by atoms with Crippen molar-refractivity contribution >= 4 is 5.97 Å². The van der Waals surface area contributed by atoms with Crippen LogP contribution in [0.15, 0.2) is 48.7 Å². The summed E-state index contributed by atoms with van der Waals surface area (Å²) in [6.07, 6.45) is 5.28. The Kier molecular flexibility index (Phi) is 10.9. The second-order valence-corrected chi connectivity index (χ2v) is 11.9. The maximum atomic E-state index is 11.8. The number of carbonyl (C=O) groups excluding carboxylic acids is 1. The van der Waals surface area contributed by atoms with Gasteiger partial charge in [0, 0.05) is 42.3 Å². The first-order valence-corrected chi connectivity index (χ1v) is 15.1. The van der Waals surface area contributed by atoms with Crippen LogP contribution in [0.1, 0.15) is 86.8 Å². The second kappa shape index (κ2) is 14.3. The number of methoxy groups -OCH3 is 1. The van der Waals surface area contributed by atoms with Gasteiger partial charge in [-0.05, 0) is 91.8 Å². The molecule has 1 aromatic heterocycles. The van der Waals surface area contributed by atoms with Crippen LogP contribution in [0, 0.1) is 23.2 Å². The summed E-state index contributed by atoms with van der Waals surface area (Å²) < 4.78 is 12.0. The summed E-state index contributed by atoms with van der Waals surface area (Å²) in [5, 5.41) is 21.6. The number of ether oxygens (including phenoxy) is 2. The Morgan fingerprint density at radius 2 is 1.91 bits per heavy atom. The van der Waals surface area contributed by atoms with Crippen molar-refractivity contribution in [1.29, 1.82) is 5.26 Å². The van der Waals surface area contributed by atoms with Crippen molar-refractivity contribution in [3.8, 4) is 28.8 Å². The number of nitriles is 1. The molecule has 5 rings (SSSR count). The van der Waals surface area contributed by atoms with Crippen molar-refractivity contribution in [2.24, 2.45) is 11.8 Å². The average Bonchev–Trinajstić information content (AvgIpc) is 3.84. The van der Waals surface area contributed by atoms with E-state index in [1.807, 2.05) is 6.07 Å². The molecule has 7 nitrogen and oxygen atoms in total. The summed E-state index contributed by atoms with van der Waals surface area (Å²) in [7, 11) is 1.58. The van der Waals surface area contributed by atoms with Crippen molar-refractivity contribution in [2.75, 3.05) is 13.7 Å². The van der Waals surface area contributed by atoms with Gasteiger partial charge < -0.3 is 19.4 Å². The summed E-state index contributed by atoms with van der Waals surface area (Å²) in [5.41, 5.74) is 6.68. The minimum absolute atomic E-state index is 0. The smallest absolute Gasteiger partial charge is 0.550 e. The van der Waals surface area contributed by atoms with Crippen molar-refractivity contribution < 1.29 is 48.9 Å². The predicted octanol–water partition coefficient (Wildman–Crippen LogP) is 2.81. The molecule has 8 heteroatoms. The molecule has 2 aromatic carbocycles. The van der Waals surface area contributed by atoms with Crippen molar-refractivity contribution in [1.82, 2.24) is 9.88 Å². The Labute approximate surface area is 277 Å². The fourth-order valence-electron chi connectivity index (χ4n) is 6.34. The number of carboxylic acid groups (broad SMARTS) is 1. The standard InChI is InChI=1S/C35H41N3O4.Na/c1-6-38(21(2)3)20-27-15-25(11-13-29(27)30-17-33(41-5)37-19-28(30)18-36)31-14-12-23-7-10-26(16-32(23)42-31)34(24-8-9-24)22(4)35(39)40;/h7,10-11,13,15-17,19,21-22,24,31,34H,6,8-9,12,14,20H2,1-5H3,(H,39,40);/q;+1/p-1/t22-,31?,34-;/m0./s1. The van der Waals surface area contributed by atoms with E-state index in [0.717, 1.165) is 77.9 Å². The fraction of sp³-hybridized carbons (Fsp3) is 0.457. The zero-order valence-electron chi connectivity index (χ0n) is 26.2. The van der Waals surface area contributed by atoms with Gasteiger partial charge in [0.25, 0.3) is 0 Å². The van der Waals surface area contributed by atoms with Crippen LogP contribution < -0.4 is 44.1 Å². The van der Waals surface area contributed by atoms with Crippen LogP contribution in [0.5, 0.6) is 11.6 Å². The van der Waals surface area contributed by atoms with E-state index < -0.39 is 11.9 Å². The molecule has 1 aliphatic heterocycles. The first-order valence-electron chi connectivity index (χ1n) is 15.1. The summed E-state index contributed by atoms with van der Waals surface area (Å²) in [6, 6.07) is 17.2. The Morgan fingerprint density at radius 3 is 2.53 bits per heavy atom. The van der Waals surface area contributed by atoms with Gasteiger partial charge in [-0.25, -0.2) is 4.98 Å². The number of aryl methyl sites for hydroxylation is 1. The number of fused-ring (bicyclic) bond motifs is 1. The van der Waals surface area contributed by atoms with Crippen LogP contribution in [0.4, 0.5) is 0 Å². The Balaban J connectivity index is 0.00000423. The van der Waals surface area contributed by atoms with Crippen LogP contribution in [-0.4, -0.2) is 35.5 Å². The molecule has 220 valence electrons. The topological polar surface area (TPSA) is 98.5 Å². The summed E-state index contributed by atoms with van der Waals surface area (Å²) in [4.78, 5) is 18.4. The van der Waals surface area contributed by atoms with Gasteiger partial charge in [0.15, 0.2) is 0 Å². The minimum atomic E-state index is -0.995. The van der Waals surface area contributed by atoms with E-state index in [1.165, 1.54) is 0 Å². The van der Waals surface area contributed by atoms with E-state index >= 15 is 0 Å². The van der Waals surface area contributed by atoms with Gasteiger partial charge in [-0.3, -0.25) is 4.90 Å². The molecule has 0 N–H and O–H groups in total. The fourth-order valence-corrected chi connectivity index (χ4v) is 6.34. The molecular formula is C35H40N3NaO4. The first kappa shape index (κ1) is 33.0. The third kappa shape index (κ3) is 7.26. The molecule has 3 aromatic rings. The number of hydrogen-bond donors (Lipinski definition) is 0. The van der Waals surface area contributed by atoms with E-state index in [-0.39, 0.29) is 41.6 Å². The quantitative estimate of drug-likeness (QED) is 0.317. The zero-order valence-corrected chi connectivity index (χ0v) is 28.2. The van der Waals surface area contributed by atoms with Gasteiger partial charge in [0.05, 0.1) is 12.7 Å². The molecule has 0 saturated heterocycles. The van der Waals surface area contributed by atoms with E-state index in [1.54, 1.807) is 20.2 Å². The van der Waals surface area contributed by atoms with Crippen LogP contribution >= 0.6 is 0 Å².